The monoisotopic (exact) mass is 676 g/mol. The molecule has 3 amide bonds. The molecule has 1 aliphatic carbocycles. The molecule has 0 radical (unpaired) electrons. The van der Waals surface area contributed by atoms with Crippen molar-refractivity contribution in [2.75, 3.05) is 5.88 Å². The normalized spacial score (nSPS) is 24.4. The van der Waals surface area contributed by atoms with Crippen LogP contribution in [0.2, 0.25) is 10.0 Å². The van der Waals surface area contributed by atoms with Gasteiger partial charge in [0.1, 0.15) is 6.04 Å². The second kappa shape index (κ2) is 11.5. The summed E-state index contributed by atoms with van der Waals surface area (Å²) in [6.07, 6.45) is 0.878. The minimum Gasteiger partial charge on any atom is -0.292 e. The van der Waals surface area contributed by atoms with Gasteiger partial charge >= 0.3 is 0 Å². The van der Waals surface area contributed by atoms with Gasteiger partial charge in [-0.2, -0.15) is 5.01 Å². The Kier molecular flexibility index (Phi) is 8.83. The first kappa shape index (κ1) is 27.6. The lowest BCUT2D eigenvalue weighted by Gasteiger charge is -2.36. The van der Waals surface area contributed by atoms with Crippen molar-refractivity contribution < 1.29 is 19.2 Å². The molecule has 1 saturated heterocycles. The Balaban J connectivity index is 1.80. The van der Waals surface area contributed by atoms with Crippen LogP contribution in [0.3, 0.4) is 0 Å². The molecule has 190 valence electrons. The summed E-state index contributed by atoms with van der Waals surface area (Å²) >= 11 is 25.2. The van der Waals surface area contributed by atoms with Gasteiger partial charge in [0.2, 0.25) is 0 Å². The molecule has 4 rings (SSSR count). The van der Waals surface area contributed by atoms with E-state index >= 15 is 0 Å². The lowest BCUT2D eigenvalue weighted by Crippen LogP contribution is -2.57. The highest BCUT2D eigenvalue weighted by atomic mass is 79.9. The molecule has 2 fully saturated rings. The third-order valence-corrected chi connectivity index (χ3v) is 9.97. The van der Waals surface area contributed by atoms with E-state index in [1.165, 1.54) is 36.4 Å². The minimum atomic E-state index is -1.19. The van der Waals surface area contributed by atoms with Crippen LogP contribution < -0.4 is 0 Å². The van der Waals surface area contributed by atoms with E-state index in [0.29, 0.717) is 22.9 Å². The van der Waals surface area contributed by atoms with Crippen molar-refractivity contribution in [2.45, 2.75) is 35.0 Å². The maximum Gasteiger partial charge on any atom is 0.273 e. The zero-order valence-electron chi connectivity index (χ0n) is 18.8. The van der Waals surface area contributed by atoms with Crippen molar-refractivity contribution in [1.29, 1.82) is 0 Å². The summed E-state index contributed by atoms with van der Waals surface area (Å²) in [5, 5.41) is 2.73. The zero-order valence-corrected chi connectivity index (χ0v) is 24.2. The Morgan fingerprint density at radius 1 is 0.861 bits per heavy atom. The number of alkyl halides is 3. The van der Waals surface area contributed by atoms with Gasteiger partial charge in [-0.05, 0) is 67.8 Å². The summed E-state index contributed by atoms with van der Waals surface area (Å²) in [5.74, 6) is -3.31. The molecular formula is C25H21Br2Cl3N2O4. The van der Waals surface area contributed by atoms with E-state index in [4.69, 9.17) is 34.8 Å². The zero-order chi connectivity index (χ0) is 26.1. The van der Waals surface area contributed by atoms with E-state index in [2.05, 4.69) is 31.9 Å². The number of rotatable bonds is 7. The molecule has 5 atom stereocenters. The maximum atomic E-state index is 13.9. The number of carbonyl (C=O) groups excluding carboxylic acids is 4. The number of nitrogens with zero attached hydrogens (tertiary/aromatic N) is 2. The molecule has 36 heavy (non-hydrogen) atoms. The Labute approximate surface area is 240 Å². The second-order valence-corrected chi connectivity index (χ2v) is 12.3. The number of hydrogen-bond acceptors (Lipinski definition) is 4. The Morgan fingerprint density at radius 2 is 1.31 bits per heavy atom. The van der Waals surface area contributed by atoms with Crippen LogP contribution in [0.4, 0.5) is 0 Å². The van der Waals surface area contributed by atoms with E-state index < -0.39 is 41.4 Å². The molecule has 2 aliphatic rings. The Morgan fingerprint density at radius 3 is 1.75 bits per heavy atom. The number of ketones is 1. The number of fused-ring (bicyclic) bond motifs is 1. The largest absolute Gasteiger partial charge is 0.292 e. The van der Waals surface area contributed by atoms with Gasteiger partial charge in [0.05, 0.1) is 11.8 Å². The number of benzene rings is 2. The van der Waals surface area contributed by atoms with Crippen LogP contribution >= 0.6 is 66.7 Å². The van der Waals surface area contributed by atoms with Crippen LogP contribution in [0.1, 0.15) is 40.0 Å². The SMILES string of the molecule is O=C(c1ccc(Cl)cc1)[C@H](CCCl)N(C(=O)c1ccc(Cl)cc1)N1C(=O)[C@H]2C[C@@H](Br)[C@@H](Br)C[C@H]2C1=O. The number of amides is 3. The molecule has 0 unspecified atom stereocenters. The fourth-order valence-electron chi connectivity index (χ4n) is 4.66. The molecule has 2 aromatic rings. The first-order valence-corrected chi connectivity index (χ1v) is 14.4. The van der Waals surface area contributed by atoms with Crippen LogP contribution in [0.15, 0.2) is 48.5 Å². The number of imide groups is 1. The topological polar surface area (TPSA) is 74.8 Å². The predicted octanol–water partition coefficient (Wildman–Crippen LogP) is 6.15. The number of carbonyl (C=O) groups is 4. The summed E-state index contributed by atoms with van der Waals surface area (Å²) in [6.45, 7) is 0. The molecule has 0 aromatic heterocycles. The molecule has 0 N–H and O–H groups in total. The van der Waals surface area contributed by atoms with Crippen molar-refractivity contribution in [3.8, 4) is 0 Å². The fraction of sp³-hybridized carbons (Fsp3) is 0.360. The number of hydrazine groups is 1. The van der Waals surface area contributed by atoms with Gasteiger partial charge in [-0.1, -0.05) is 55.1 Å². The fourth-order valence-corrected chi connectivity index (χ4v) is 6.36. The molecule has 11 heteroatoms. The smallest absolute Gasteiger partial charge is 0.273 e. The van der Waals surface area contributed by atoms with Gasteiger partial charge < -0.3 is 0 Å². The molecule has 1 saturated carbocycles. The molecule has 1 aliphatic heterocycles. The number of hydrogen-bond donors (Lipinski definition) is 0. The highest BCUT2D eigenvalue weighted by Gasteiger charge is 2.56. The predicted molar refractivity (Wildman–Crippen MR) is 146 cm³/mol. The Bertz CT molecular complexity index is 1150. The first-order valence-electron chi connectivity index (χ1n) is 11.2. The summed E-state index contributed by atoms with van der Waals surface area (Å²) in [6, 6.07) is 11.0. The van der Waals surface area contributed by atoms with Crippen molar-refractivity contribution in [2.24, 2.45) is 11.8 Å². The lowest BCUT2D eigenvalue weighted by atomic mass is 9.81. The van der Waals surface area contributed by atoms with Crippen molar-refractivity contribution in [1.82, 2.24) is 10.0 Å². The summed E-state index contributed by atoms with van der Waals surface area (Å²) in [5.41, 5.74) is 0.455. The molecular weight excluding hydrogens is 658 g/mol. The number of Topliss-reactive ketones (excluding diaryl/α,β-unsaturated/α-hetero) is 1. The third-order valence-electron chi connectivity index (χ3n) is 6.51. The van der Waals surface area contributed by atoms with Crippen LogP contribution in [-0.4, -0.2) is 55.1 Å². The first-order chi connectivity index (χ1) is 17.1. The average Bonchev–Trinajstić information content (AvgIpc) is 3.08. The molecule has 2 aromatic carbocycles. The van der Waals surface area contributed by atoms with E-state index in [0.717, 1.165) is 10.0 Å². The second-order valence-electron chi connectivity index (χ2n) is 8.73. The molecule has 6 nitrogen and oxygen atoms in total. The van der Waals surface area contributed by atoms with Crippen LogP contribution in [0, 0.1) is 11.8 Å². The van der Waals surface area contributed by atoms with Gasteiger partial charge in [-0.25, -0.2) is 5.01 Å². The van der Waals surface area contributed by atoms with Crippen molar-refractivity contribution in [3.63, 3.8) is 0 Å². The molecule has 1 heterocycles. The van der Waals surface area contributed by atoms with Crippen LogP contribution in [-0.2, 0) is 9.59 Å². The average molecular weight is 680 g/mol. The lowest BCUT2D eigenvalue weighted by molar-refractivity contribution is -0.156. The quantitative estimate of drug-likeness (QED) is 0.200. The van der Waals surface area contributed by atoms with Crippen molar-refractivity contribution in [3.05, 3.63) is 69.7 Å². The highest BCUT2D eigenvalue weighted by Crippen LogP contribution is 2.44. The van der Waals surface area contributed by atoms with Gasteiger partial charge in [-0.3, -0.25) is 19.2 Å². The third kappa shape index (κ3) is 5.39. The van der Waals surface area contributed by atoms with Gasteiger partial charge in [0, 0.05) is 36.7 Å². The van der Waals surface area contributed by atoms with E-state index in [9.17, 15) is 19.2 Å². The van der Waals surface area contributed by atoms with Crippen LogP contribution in [0.25, 0.3) is 0 Å². The Hall–Kier alpha value is -1.45. The molecule has 0 spiro atoms. The standard InChI is InChI=1S/C25H21Br2Cl3N2O4/c26-19-11-17-18(12-20(19)27)25(36)32(24(17)35)31(23(34)14-3-7-16(30)8-4-14)21(9-10-28)22(33)13-1-5-15(29)6-2-13/h1-8,17-21H,9-12H2/t17-,18+,19+,20-,21-/m0/s1. The van der Waals surface area contributed by atoms with Crippen molar-refractivity contribution >= 4 is 90.2 Å². The van der Waals surface area contributed by atoms with Gasteiger partial charge in [0.25, 0.3) is 17.7 Å². The summed E-state index contributed by atoms with van der Waals surface area (Å²) in [7, 11) is 0. The minimum absolute atomic E-state index is 0.00907. The van der Waals surface area contributed by atoms with E-state index in [1.54, 1.807) is 12.1 Å². The van der Waals surface area contributed by atoms with E-state index in [-0.39, 0.29) is 33.1 Å². The van der Waals surface area contributed by atoms with Gasteiger partial charge in [0.15, 0.2) is 5.78 Å². The summed E-state index contributed by atoms with van der Waals surface area (Å²) in [4.78, 5) is 54.8. The van der Waals surface area contributed by atoms with Crippen LogP contribution in [0.5, 0.6) is 0 Å². The van der Waals surface area contributed by atoms with E-state index in [1.807, 2.05) is 0 Å². The number of halogens is 5. The molecule has 0 bridgehead atoms. The van der Waals surface area contributed by atoms with Gasteiger partial charge in [-0.15, -0.1) is 11.6 Å². The summed E-state index contributed by atoms with van der Waals surface area (Å²) < 4.78 is 0. The highest BCUT2D eigenvalue weighted by molar-refractivity contribution is 9.12. The maximum absolute atomic E-state index is 13.9.